The molecular formula is C16H15BrFNOS. The molecule has 1 aromatic carbocycles. The lowest BCUT2D eigenvalue weighted by Crippen LogP contribution is -2.39. The number of thiophene rings is 1. The summed E-state index contributed by atoms with van der Waals surface area (Å²) in [5, 5.41) is 2.07. The van der Waals surface area contributed by atoms with Gasteiger partial charge in [0.25, 0.3) is 5.91 Å². The molecule has 21 heavy (non-hydrogen) atoms. The molecule has 0 radical (unpaired) electrons. The number of amides is 1. The van der Waals surface area contributed by atoms with Crippen LogP contribution in [0.15, 0.2) is 34.1 Å². The average Bonchev–Trinajstić information content (AvgIpc) is 2.94. The van der Waals surface area contributed by atoms with Gasteiger partial charge in [0, 0.05) is 15.9 Å². The molecule has 1 aromatic heterocycles. The van der Waals surface area contributed by atoms with Crippen LogP contribution >= 0.6 is 27.3 Å². The average molecular weight is 368 g/mol. The molecule has 1 aliphatic rings. The van der Waals surface area contributed by atoms with Crippen molar-refractivity contribution in [3.8, 4) is 0 Å². The number of nitrogens with zero attached hydrogens (tertiary/aromatic N) is 1. The fraction of sp³-hybridized carbons (Fsp3) is 0.312. The Morgan fingerprint density at radius 3 is 3.00 bits per heavy atom. The molecule has 2 aromatic rings. The molecular weight excluding hydrogens is 353 g/mol. The highest BCUT2D eigenvalue weighted by Gasteiger charge is 2.32. The first kappa shape index (κ1) is 14.7. The van der Waals surface area contributed by atoms with Gasteiger partial charge in [-0.15, -0.1) is 11.3 Å². The maximum atomic E-state index is 14.0. The first-order chi connectivity index (χ1) is 10.1. The fourth-order valence-electron chi connectivity index (χ4n) is 2.93. The van der Waals surface area contributed by atoms with Gasteiger partial charge in [0.2, 0.25) is 0 Å². The second-order valence-corrected chi connectivity index (χ2v) is 6.92. The van der Waals surface area contributed by atoms with Gasteiger partial charge in [-0.3, -0.25) is 4.79 Å². The molecule has 1 atom stereocenters. The first-order valence-corrected chi connectivity index (χ1v) is 8.62. The Balaban J connectivity index is 1.99. The highest BCUT2D eigenvalue weighted by atomic mass is 79.9. The van der Waals surface area contributed by atoms with Crippen LogP contribution in [0.1, 0.15) is 40.2 Å². The summed E-state index contributed by atoms with van der Waals surface area (Å²) in [6, 6.07) is 6.76. The normalized spacial score (nSPS) is 17.7. The summed E-state index contributed by atoms with van der Waals surface area (Å²) < 4.78 is 14.6. The van der Waals surface area contributed by atoms with E-state index < -0.39 is 5.82 Å². The number of halogens is 2. The summed E-state index contributed by atoms with van der Waals surface area (Å²) in [6.07, 6.45) is 1.68. The number of benzene rings is 1. The Hall–Kier alpha value is -1.20. The molecule has 2 nitrogen and oxygen atoms in total. The maximum Gasteiger partial charge on any atom is 0.258 e. The molecule has 1 unspecified atom stereocenters. The Kier molecular flexibility index (Phi) is 4.13. The van der Waals surface area contributed by atoms with Gasteiger partial charge in [-0.2, -0.15) is 0 Å². The van der Waals surface area contributed by atoms with Gasteiger partial charge in [-0.25, -0.2) is 4.39 Å². The zero-order chi connectivity index (χ0) is 15.0. The van der Waals surface area contributed by atoms with Crippen molar-refractivity contribution in [1.29, 1.82) is 0 Å². The number of fused-ring (bicyclic) bond motifs is 1. The standard InChI is InChI=1S/C16H15BrFNOS/c1-2-13-10-7-9-21-14(10)6-8-19(13)16(20)15-11(17)4-3-5-12(15)18/h3-5,7,9,13H,2,6,8H2,1H3. The molecule has 0 spiro atoms. The predicted octanol–water partition coefficient (Wildman–Crippen LogP) is 4.80. The van der Waals surface area contributed by atoms with Crippen LogP contribution in [-0.2, 0) is 6.42 Å². The monoisotopic (exact) mass is 367 g/mol. The van der Waals surface area contributed by atoms with Crippen molar-refractivity contribution in [2.24, 2.45) is 0 Å². The number of carbonyl (C=O) groups excluding carboxylic acids is 1. The van der Waals surface area contributed by atoms with Crippen molar-refractivity contribution in [3.63, 3.8) is 0 Å². The molecule has 0 aliphatic carbocycles. The minimum Gasteiger partial charge on any atom is -0.331 e. The molecule has 0 saturated carbocycles. The topological polar surface area (TPSA) is 20.3 Å². The molecule has 0 fully saturated rings. The van der Waals surface area contributed by atoms with Crippen LogP contribution in [0, 0.1) is 5.82 Å². The molecule has 1 aliphatic heterocycles. The van der Waals surface area contributed by atoms with E-state index in [2.05, 4.69) is 34.3 Å². The lowest BCUT2D eigenvalue weighted by atomic mass is 9.97. The summed E-state index contributed by atoms with van der Waals surface area (Å²) in [6.45, 7) is 2.71. The predicted molar refractivity (Wildman–Crippen MR) is 86.2 cm³/mol. The summed E-state index contributed by atoms with van der Waals surface area (Å²) >= 11 is 5.03. The van der Waals surface area contributed by atoms with Crippen molar-refractivity contribution in [2.45, 2.75) is 25.8 Å². The second kappa shape index (κ2) is 5.89. The number of hydrogen-bond donors (Lipinski definition) is 0. The molecule has 2 heterocycles. The highest BCUT2D eigenvalue weighted by Crippen LogP contribution is 2.36. The first-order valence-electron chi connectivity index (χ1n) is 6.94. The minimum absolute atomic E-state index is 0.0407. The molecule has 3 rings (SSSR count). The smallest absolute Gasteiger partial charge is 0.258 e. The van der Waals surface area contributed by atoms with E-state index in [9.17, 15) is 9.18 Å². The van der Waals surface area contributed by atoms with Gasteiger partial charge < -0.3 is 4.90 Å². The van der Waals surface area contributed by atoms with E-state index in [1.807, 2.05) is 0 Å². The summed E-state index contributed by atoms with van der Waals surface area (Å²) in [5.41, 5.74) is 1.35. The fourth-order valence-corrected chi connectivity index (χ4v) is 4.37. The van der Waals surface area contributed by atoms with E-state index in [-0.39, 0.29) is 17.5 Å². The molecule has 0 saturated heterocycles. The molecule has 0 bridgehead atoms. The van der Waals surface area contributed by atoms with Gasteiger partial charge in [-0.05, 0) is 57.9 Å². The van der Waals surface area contributed by atoms with E-state index in [0.29, 0.717) is 11.0 Å². The Morgan fingerprint density at radius 1 is 1.48 bits per heavy atom. The van der Waals surface area contributed by atoms with Crippen molar-refractivity contribution in [3.05, 3.63) is 55.9 Å². The third kappa shape index (κ3) is 2.53. The van der Waals surface area contributed by atoms with Crippen molar-refractivity contribution in [1.82, 2.24) is 4.90 Å². The summed E-state index contributed by atoms with van der Waals surface area (Å²) in [4.78, 5) is 16.0. The summed E-state index contributed by atoms with van der Waals surface area (Å²) in [7, 11) is 0. The van der Waals surface area contributed by atoms with Crippen LogP contribution in [0.3, 0.4) is 0 Å². The highest BCUT2D eigenvalue weighted by molar-refractivity contribution is 9.10. The quantitative estimate of drug-likeness (QED) is 0.746. The van der Waals surface area contributed by atoms with Crippen molar-refractivity contribution in [2.75, 3.05) is 6.54 Å². The molecule has 5 heteroatoms. The summed E-state index contributed by atoms with van der Waals surface area (Å²) in [5.74, 6) is -0.705. The Morgan fingerprint density at radius 2 is 2.29 bits per heavy atom. The van der Waals surface area contributed by atoms with E-state index in [0.717, 1.165) is 12.8 Å². The van der Waals surface area contributed by atoms with E-state index in [4.69, 9.17) is 0 Å². The van der Waals surface area contributed by atoms with Crippen molar-refractivity contribution < 1.29 is 9.18 Å². The van der Waals surface area contributed by atoms with E-state index in [1.54, 1.807) is 28.4 Å². The largest absolute Gasteiger partial charge is 0.331 e. The minimum atomic E-state index is -0.472. The molecule has 110 valence electrons. The zero-order valence-corrected chi connectivity index (χ0v) is 14.0. The number of rotatable bonds is 2. The molecule has 1 amide bonds. The van der Waals surface area contributed by atoms with Gasteiger partial charge in [-0.1, -0.05) is 13.0 Å². The third-order valence-corrected chi connectivity index (χ3v) is 5.58. The van der Waals surface area contributed by atoms with Crippen LogP contribution in [0.2, 0.25) is 0 Å². The van der Waals surface area contributed by atoms with Crippen LogP contribution in [0.5, 0.6) is 0 Å². The number of hydrogen-bond acceptors (Lipinski definition) is 2. The Bertz CT molecular complexity index is 664. The Labute approximate surface area is 135 Å². The van der Waals surface area contributed by atoms with Crippen molar-refractivity contribution >= 4 is 33.2 Å². The van der Waals surface area contributed by atoms with Gasteiger partial charge in [0.1, 0.15) is 5.82 Å². The van der Waals surface area contributed by atoms with E-state index in [1.165, 1.54) is 16.5 Å². The lowest BCUT2D eigenvalue weighted by Gasteiger charge is -2.35. The van der Waals surface area contributed by atoms with Gasteiger partial charge in [0.15, 0.2) is 0 Å². The second-order valence-electron chi connectivity index (χ2n) is 5.07. The van der Waals surface area contributed by atoms with Crippen LogP contribution in [0.25, 0.3) is 0 Å². The lowest BCUT2D eigenvalue weighted by molar-refractivity contribution is 0.0651. The maximum absolute atomic E-state index is 14.0. The molecule has 0 N–H and O–H groups in total. The van der Waals surface area contributed by atoms with Gasteiger partial charge in [0.05, 0.1) is 11.6 Å². The van der Waals surface area contributed by atoms with Gasteiger partial charge >= 0.3 is 0 Å². The third-order valence-electron chi connectivity index (χ3n) is 3.92. The van der Waals surface area contributed by atoms with Crippen LogP contribution < -0.4 is 0 Å². The SMILES string of the molecule is CCC1c2ccsc2CCN1C(=O)c1c(F)cccc1Br. The van der Waals surface area contributed by atoms with Crippen LogP contribution in [-0.4, -0.2) is 17.4 Å². The number of carbonyl (C=O) groups is 1. The van der Waals surface area contributed by atoms with E-state index >= 15 is 0 Å². The zero-order valence-electron chi connectivity index (χ0n) is 11.6. The van der Waals surface area contributed by atoms with Crippen LogP contribution in [0.4, 0.5) is 4.39 Å².